The molecule has 1 saturated carbocycles. The van der Waals surface area contributed by atoms with Crippen LogP contribution < -0.4 is 5.32 Å². The molecule has 0 saturated heterocycles. The highest BCUT2D eigenvalue weighted by Crippen LogP contribution is 2.23. The number of carboxylic acid groups (broad SMARTS) is 1. The molecule has 1 aliphatic carbocycles. The molecule has 114 valence electrons. The van der Waals surface area contributed by atoms with E-state index in [0.29, 0.717) is 18.0 Å². The van der Waals surface area contributed by atoms with Crippen LogP contribution in [0, 0.1) is 0 Å². The van der Waals surface area contributed by atoms with Crippen LogP contribution in [0.5, 0.6) is 0 Å². The Hall–Kier alpha value is -2.20. The van der Waals surface area contributed by atoms with Crippen molar-refractivity contribution < 1.29 is 14.7 Å². The number of carboxylic acids is 1. The minimum atomic E-state index is -0.867. The first-order valence-corrected chi connectivity index (χ1v) is 7.64. The predicted octanol–water partition coefficient (Wildman–Crippen LogP) is 3.01. The van der Waals surface area contributed by atoms with Gasteiger partial charge in [-0.05, 0) is 36.1 Å². The Balaban J connectivity index is 1.81. The summed E-state index contributed by atoms with van der Waals surface area (Å²) in [4.78, 5) is 23.5. The number of hydrogen-bond donors (Lipinski definition) is 2. The molecule has 0 radical (unpaired) electrons. The largest absolute Gasteiger partial charge is 0.481 e. The minimum Gasteiger partial charge on any atom is -0.481 e. The number of hydrogen-bond acceptors (Lipinski definition) is 3. The Kier molecular flexibility index (Phi) is 4.20. The first-order chi connectivity index (χ1) is 10.6. The van der Waals surface area contributed by atoms with Crippen molar-refractivity contribution >= 4 is 22.5 Å². The number of carbonyl (C=O) groups excluding carboxylic acids is 1. The lowest BCUT2D eigenvalue weighted by Crippen LogP contribution is -2.38. The highest BCUT2D eigenvalue weighted by atomic mass is 16.4. The van der Waals surface area contributed by atoms with Crippen LogP contribution in [0.15, 0.2) is 42.5 Å². The molecule has 4 heteroatoms. The minimum absolute atomic E-state index is 0.00368. The van der Waals surface area contributed by atoms with Gasteiger partial charge in [-0.3, -0.25) is 9.59 Å². The number of carbonyl (C=O) groups is 2. The van der Waals surface area contributed by atoms with Crippen LogP contribution in [-0.4, -0.2) is 28.9 Å². The maximum Gasteiger partial charge on any atom is 0.303 e. The number of benzene rings is 2. The molecule has 0 amide bonds. The smallest absolute Gasteiger partial charge is 0.303 e. The van der Waals surface area contributed by atoms with Gasteiger partial charge in [0.15, 0.2) is 5.78 Å². The number of Topliss-reactive ketones (excluding diaryl/α,β-unsaturated/α-hetero) is 1. The molecule has 1 aliphatic rings. The maximum atomic E-state index is 12.7. The molecule has 2 aromatic rings. The molecule has 1 fully saturated rings. The molecule has 0 aliphatic heterocycles. The van der Waals surface area contributed by atoms with E-state index in [9.17, 15) is 9.59 Å². The van der Waals surface area contributed by atoms with Gasteiger partial charge in [-0.1, -0.05) is 36.4 Å². The molecule has 1 unspecified atom stereocenters. The van der Waals surface area contributed by atoms with Gasteiger partial charge < -0.3 is 10.4 Å². The average Bonchev–Trinajstić information content (AvgIpc) is 3.34. The molecule has 2 N–H and O–H groups in total. The lowest BCUT2D eigenvalue weighted by atomic mass is 9.97. The highest BCUT2D eigenvalue weighted by molar-refractivity contribution is 6.03. The molecular weight excluding hydrogens is 278 g/mol. The van der Waals surface area contributed by atoms with E-state index in [4.69, 9.17) is 5.11 Å². The second kappa shape index (κ2) is 6.28. The van der Waals surface area contributed by atoms with E-state index in [2.05, 4.69) is 5.32 Å². The Morgan fingerprint density at radius 2 is 1.86 bits per heavy atom. The SMILES string of the molecule is O=C(O)CCC(NC1CC1)C(=O)c1ccc2ccccc2c1. The Morgan fingerprint density at radius 1 is 1.14 bits per heavy atom. The third-order valence-electron chi connectivity index (χ3n) is 4.01. The molecule has 0 aromatic heterocycles. The van der Waals surface area contributed by atoms with Crippen LogP contribution in [0.3, 0.4) is 0 Å². The van der Waals surface area contributed by atoms with Crippen LogP contribution in [0.4, 0.5) is 0 Å². The van der Waals surface area contributed by atoms with Crippen LogP contribution >= 0.6 is 0 Å². The van der Waals surface area contributed by atoms with Gasteiger partial charge in [-0.25, -0.2) is 0 Å². The second-order valence-corrected chi connectivity index (χ2v) is 5.85. The summed E-state index contributed by atoms with van der Waals surface area (Å²) in [5.74, 6) is -0.882. The lowest BCUT2D eigenvalue weighted by molar-refractivity contribution is -0.137. The second-order valence-electron chi connectivity index (χ2n) is 5.85. The van der Waals surface area contributed by atoms with Crippen LogP contribution in [0.1, 0.15) is 36.0 Å². The fourth-order valence-corrected chi connectivity index (χ4v) is 2.64. The fraction of sp³-hybridized carbons (Fsp3) is 0.333. The summed E-state index contributed by atoms with van der Waals surface area (Å²) < 4.78 is 0. The van der Waals surface area contributed by atoms with Crippen LogP contribution in [-0.2, 0) is 4.79 Å². The normalized spacial score (nSPS) is 15.6. The van der Waals surface area contributed by atoms with Gasteiger partial charge in [0.25, 0.3) is 0 Å². The van der Waals surface area contributed by atoms with E-state index in [1.54, 1.807) is 0 Å². The zero-order chi connectivity index (χ0) is 15.5. The summed E-state index contributed by atoms with van der Waals surface area (Å²) in [5.41, 5.74) is 0.641. The molecule has 4 nitrogen and oxygen atoms in total. The van der Waals surface area contributed by atoms with E-state index in [1.807, 2.05) is 42.5 Å². The van der Waals surface area contributed by atoms with Gasteiger partial charge >= 0.3 is 5.97 Å². The van der Waals surface area contributed by atoms with Gasteiger partial charge in [0.2, 0.25) is 0 Å². The third-order valence-corrected chi connectivity index (χ3v) is 4.01. The van der Waals surface area contributed by atoms with E-state index >= 15 is 0 Å². The van der Waals surface area contributed by atoms with Crippen LogP contribution in [0.2, 0.25) is 0 Å². The number of rotatable bonds is 7. The topological polar surface area (TPSA) is 66.4 Å². The van der Waals surface area contributed by atoms with Crippen molar-refractivity contribution in [2.75, 3.05) is 0 Å². The molecule has 0 heterocycles. The Morgan fingerprint density at radius 3 is 2.55 bits per heavy atom. The molecule has 3 rings (SSSR count). The van der Waals surface area contributed by atoms with Gasteiger partial charge in [-0.2, -0.15) is 0 Å². The molecule has 0 spiro atoms. The first-order valence-electron chi connectivity index (χ1n) is 7.64. The van der Waals surface area contributed by atoms with E-state index in [-0.39, 0.29) is 12.2 Å². The number of fused-ring (bicyclic) bond motifs is 1. The monoisotopic (exact) mass is 297 g/mol. The Labute approximate surface area is 129 Å². The van der Waals surface area contributed by atoms with Gasteiger partial charge in [0, 0.05) is 18.0 Å². The molecule has 22 heavy (non-hydrogen) atoms. The standard InChI is InChI=1S/C18H19NO3/c20-17(21)10-9-16(19-15-7-8-15)18(22)14-6-5-12-3-1-2-4-13(12)11-14/h1-6,11,15-16,19H,7-10H2,(H,20,21). The van der Waals surface area contributed by atoms with E-state index < -0.39 is 12.0 Å². The molecular formula is C18H19NO3. The van der Waals surface area contributed by atoms with Gasteiger partial charge in [0.05, 0.1) is 6.04 Å². The average molecular weight is 297 g/mol. The van der Waals surface area contributed by atoms with E-state index in [0.717, 1.165) is 23.6 Å². The number of ketones is 1. The van der Waals surface area contributed by atoms with Crippen LogP contribution in [0.25, 0.3) is 10.8 Å². The summed E-state index contributed by atoms with van der Waals surface area (Å²) in [7, 11) is 0. The van der Waals surface area contributed by atoms with Crippen molar-refractivity contribution in [3.8, 4) is 0 Å². The van der Waals surface area contributed by atoms with E-state index in [1.165, 1.54) is 0 Å². The summed E-state index contributed by atoms with van der Waals surface area (Å²) in [6, 6.07) is 13.5. The zero-order valence-electron chi connectivity index (χ0n) is 12.3. The number of nitrogens with one attached hydrogen (secondary N) is 1. The lowest BCUT2D eigenvalue weighted by Gasteiger charge is -2.17. The first kappa shape index (κ1) is 14.7. The van der Waals surface area contributed by atoms with Crippen molar-refractivity contribution in [2.24, 2.45) is 0 Å². The summed E-state index contributed by atoms with van der Waals surface area (Å²) in [6.45, 7) is 0. The summed E-state index contributed by atoms with van der Waals surface area (Å²) >= 11 is 0. The highest BCUT2D eigenvalue weighted by Gasteiger charge is 2.29. The van der Waals surface area contributed by atoms with Crippen molar-refractivity contribution in [2.45, 2.75) is 37.8 Å². The molecule has 2 aromatic carbocycles. The molecule has 1 atom stereocenters. The van der Waals surface area contributed by atoms with Crippen molar-refractivity contribution in [1.82, 2.24) is 5.32 Å². The fourth-order valence-electron chi connectivity index (χ4n) is 2.64. The Bertz CT molecular complexity index is 706. The van der Waals surface area contributed by atoms with Crippen molar-refractivity contribution in [3.63, 3.8) is 0 Å². The number of aliphatic carboxylic acids is 1. The summed E-state index contributed by atoms with van der Waals surface area (Å²) in [6.07, 6.45) is 2.46. The van der Waals surface area contributed by atoms with Crippen molar-refractivity contribution in [1.29, 1.82) is 0 Å². The van der Waals surface area contributed by atoms with Gasteiger partial charge in [-0.15, -0.1) is 0 Å². The predicted molar refractivity (Wildman–Crippen MR) is 85.1 cm³/mol. The molecule has 0 bridgehead atoms. The third kappa shape index (κ3) is 3.52. The summed E-state index contributed by atoms with van der Waals surface area (Å²) in [5, 5.41) is 14.3. The quantitative estimate of drug-likeness (QED) is 0.771. The van der Waals surface area contributed by atoms with Gasteiger partial charge in [0.1, 0.15) is 0 Å². The zero-order valence-corrected chi connectivity index (χ0v) is 12.3. The maximum absolute atomic E-state index is 12.7. The van der Waals surface area contributed by atoms with Crippen molar-refractivity contribution in [3.05, 3.63) is 48.0 Å².